The highest BCUT2D eigenvalue weighted by atomic mass is 32.2. The first kappa shape index (κ1) is 10.8. The van der Waals surface area contributed by atoms with Crippen molar-refractivity contribution in [1.82, 2.24) is 0 Å². The average Bonchev–Trinajstić information content (AvgIpc) is 1.88. The summed E-state index contributed by atoms with van der Waals surface area (Å²) in [5.74, 6) is 0.397. The lowest BCUT2D eigenvalue weighted by Gasteiger charge is -2.16. The molecule has 11 heavy (non-hydrogen) atoms. The van der Waals surface area contributed by atoms with Gasteiger partial charge in [0.05, 0.1) is 5.92 Å². The smallest absolute Gasteiger partial charge is 0.306 e. The Morgan fingerprint density at radius 2 is 2.18 bits per heavy atom. The van der Waals surface area contributed by atoms with Crippen molar-refractivity contribution < 1.29 is 9.90 Å². The minimum atomic E-state index is -0.658. The first-order valence-corrected chi connectivity index (χ1v) is 5.24. The Morgan fingerprint density at radius 3 is 2.45 bits per heavy atom. The summed E-state index contributed by atoms with van der Waals surface area (Å²) in [7, 11) is 0. The zero-order valence-electron chi connectivity index (χ0n) is 7.33. The van der Waals surface area contributed by atoms with Gasteiger partial charge < -0.3 is 5.11 Å². The molecule has 0 aliphatic heterocycles. The third-order valence-electron chi connectivity index (χ3n) is 1.87. The first-order chi connectivity index (χ1) is 5.13. The summed E-state index contributed by atoms with van der Waals surface area (Å²) in [5, 5.41) is 8.76. The predicted molar refractivity (Wildman–Crippen MR) is 49.0 cm³/mol. The predicted octanol–water partition coefficient (Wildman–Crippen LogP) is 2.10. The van der Waals surface area contributed by atoms with Crippen molar-refractivity contribution in [2.45, 2.75) is 20.3 Å². The van der Waals surface area contributed by atoms with Crippen molar-refractivity contribution in [3.63, 3.8) is 0 Å². The van der Waals surface area contributed by atoms with Gasteiger partial charge in [0.1, 0.15) is 0 Å². The lowest BCUT2D eigenvalue weighted by molar-refractivity contribution is -0.143. The van der Waals surface area contributed by atoms with Crippen LogP contribution in [-0.4, -0.2) is 23.1 Å². The van der Waals surface area contributed by atoms with Crippen molar-refractivity contribution in [3.05, 3.63) is 0 Å². The summed E-state index contributed by atoms with van der Waals surface area (Å²) < 4.78 is 0. The van der Waals surface area contributed by atoms with Crippen LogP contribution in [0.1, 0.15) is 20.3 Å². The van der Waals surface area contributed by atoms with Gasteiger partial charge in [-0.15, -0.1) is 0 Å². The van der Waals surface area contributed by atoms with Crippen LogP contribution in [0.15, 0.2) is 0 Å². The van der Waals surface area contributed by atoms with E-state index < -0.39 is 5.97 Å². The summed E-state index contributed by atoms with van der Waals surface area (Å²) in [4.78, 5) is 10.6. The van der Waals surface area contributed by atoms with Gasteiger partial charge in [0.15, 0.2) is 0 Å². The molecule has 0 aliphatic rings. The van der Waals surface area contributed by atoms with E-state index in [4.69, 9.17) is 5.11 Å². The molecule has 0 aliphatic carbocycles. The van der Waals surface area contributed by atoms with E-state index in [1.807, 2.05) is 20.1 Å². The SMILES string of the molecule is CCC(C(=O)O)[C@H](C)CSC. The second kappa shape index (κ2) is 5.47. The number of hydrogen-bond acceptors (Lipinski definition) is 2. The topological polar surface area (TPSA) is 37.3 Å². The van der Waals surface area contributed by atoms with E-state index in [0.717, 1.165) is 12.2 Å². The molecule has 0 bridgehead atoms. The van der Waals surface area contributed by atoms with E-state index in [2.05, 4.69) is 0 Å². The van der Waals surface area contributed by atoms with Crippen molar-refractivity contribution in [3.8, 4) is 0 Å². The number of hydrogen-bond donors (Lipinski definition) is 1. The number of rotatable bonds is 5. The fraction of sp³-hybridized carbons (Fsp3) is 0.875. The highest BCUT2D eigenvalue weighted by Gasteiger charge is 2.21. The van der Waals surface area contributed by atoms with E-state index >= 15 is 0 Å². The molecule has 0 spiro atoms. The van der Waals surface area contributed by atoms with Gasteiger partial charge in [-0.05, 0) is 24.3 Å². The molecule has 0 amide bonds. The molecule has 2 atom stereocenters. The lowest BCUT2D eigenvalue weighted by atomic mass is 9.93. The molecule has 0 aromatic rings. The van der Waals surface area contributed by atoms with Crippen LogP contribution in [-0.2, 0) is 4.79 Å². The quantitative estimate of drug-likeness (QED) is 0.697. The molecule has 0 rings (SSSR count). The third kappa shape index (κ3) is 3.65. The average molecular weight is 176 g/mol. The summed E-state index contributed by atoms with van der Waals surface area (Å²) >= 11 is 1.71. The normalized spacial score (nSPS) is 15.9. The minimum absolute atomic E-state index is 0.164. The number of thioether (sulfide) groups is 1. The van der Waals surface area contributed by atoms with E-state index in [1.54, 1.807) is 11.8 Å². The van der Waals surface area contributed by atoms with Gasteiger partial charge in [0.2, 0.25) is 0 Å². The van der Waals surface area contributed by atoms with Crippen LogP contribution in [0.4, 0.5) is 0 Å². The maximum atomic E-state index is 10.6. The molecule has 0 fully saturated rings. The van der Waals surface area contributed by atoms with Crippen LogP contribution in [0.25, 0.3) is 0 Å². The van der Waals surface area contributed by atoms with Crippen LogP contribution in [0.3, 0.4) is 0 Å². The van der Waals surface area contributed by atoms with Gasteiger partial charge in [-0.25, -0.2) is 0 Å². The fourth-order valence-electron chi connectivity index (χ4n) is 1.20. The summed E-state index contributed by atoms with van der Waals surface area (Å²) in [6, 6.07) is 0. The Hall–Kier alpha value is -0.180. The fourth-order valence-corrected chi connectivity index (χ4v) is 1.96. The Bertz CT molecular complexity index is 125. The highest BCUT2D eigenvalue weighted by Crippen LogP contribution is 2.18. The molecule has 2 nitrogen and oxygen atoms in total. The van der Waals surface area contributed by atoms with E-state index in [1.165, 1.54) is 0 Å². The molecular weight excluding hydrogens is 160 g/mol. The monoisotopic (exact) mass is 176 g/mol. The zero-order chi connectivity index (χ0) is 8.85. The highest BCUT2D eigenvalue weighted by molar-refractivity contribution is 7.98. The second-order valence-corrected chi connectivity index (χ2v) is 3.70. The summed E-state index contributed by atoms with van der Waals surface area (Å²) in [6.07, 6.45) is 2.74. The van der Waals surface area contributed by atoms with Crippen LogP contribution in [0.5, 0.6) is 0 Å². The minimum Gasteiger partial charge on any atom is -0.481 e. The molecule has 0 saturated heterocycles. The Kier molecular flexibility index (Phi) is 5.38. The molecule has 66 valence electrons. The molecule has 1 unspecified atom stereocenters. The largest absolute Gasteiger partial charge is 0.481 e. The Balaban J connectivity index is 3.91. The van der Waals surface area contributed by atoms with E-state index in [9.17, 15) is 4.79 Å². The van der Waals surface area contributed by atoms with Crippen LogP contribution in [0, 0.1) is 11.8 Å². The van der Waals surface area contributed by atoms with Crippen LogP contribution < -0.4 is 0 Å². The maximum Gasteiger partial charge on any atom is 0.306 e. The lowest BCUT2D eigenvalue weighted by Crippen LogP contribution is -2.22. The first-order valence-electron chi connectivity index (χ1n) is 3.85. The van der Waals surface area contributed by atoms with Crippen molar-refractivity contribution in [2.75, 3.05) is 12.0 Å². The Morgan fingerprint density at radius 1 is 1.64 bits per heavy atom. The molecule has 0 heterocycles. The second-order valence-electron chi connectivity index (χ2n) is 2.79. The number of carbonyl (C=O) groups is 1. The number of carboxylic acid groups (broad SMARTS) is 1. The summed E-state index contributed by atoms with van der Waals surface area (Å²) in [6.45, 7) is 3.92. The molecule has 3 heteroatoms. The molecule has 0 aromatic carbocycles. The van der Waals surface area contributed by atoms with E-state index in [-0.39, 0.29) is 11.8 Å². The van der Waals surface area contributed by atoms with Gasteiger partial charge >= 0.3 is 5.97 Å². The van der Waals surface area contributed by atoms with Crippen LogP contribution in [0.2, 0.25) is 0 Å². The summed E-state index contributed by atoms with van der Waals surface area (Å²) in [5.41, 5.74) is 0. The van der Waals surface area contributed by atoms with Gasteiger partial charge in [0.25, 0.3) is 0 Å². The van der Waals surface area contributed by atoms with Gasteiger partial charge in [-0.1, -0.05) is 13.8 Å². The van der Waals surface area contributed by atoms with Crippen molar-refractivity contribution >= 4 is 17.7 Å². The van der Waals surface area contributed by atoms with E-state index in [0.29, 0.717) is 0 Å². The van der Waals surface area contributed by atoms with Crippen LogP contribution >= 0.6 is 11.8 Å². The maximum absolute atomic E-state index is 10.6. The standard InChI is InChI=1S/C8H16O2S/c1-4-7(8(9)10)6(2)5-11-3/h6-7H,4-5H2,1-3H3,(H,9,10)/t6-,7?/m1/s1. The van der Waals surface area contributed by atoms with Crippen molar-refractivity contribution in [1.29, 1.82) is 0 Å². The number of aliphatic carboxylic acids is 1. The molecule has 0 saturated carbocycles. The van der Waals surface area contributed by atoms with Crippen molar-refractivity contribution in [2.24, 2.45) is 11.8 Å². The third-order valence-corrected chi connectivity index (χ3v) is 2.73. The van der Waals surface area contributed by atoms with Gasteiger partial charge in [0, 0.05) is 0 Å². The molecule has 0 aromatic heterocycles. The Labute approximate surface area is 72.4 Å². The number of carboxylic acids is 1. The van der Waals surface area contributed by atoms with Gasteiger partial charge in [-0.2, -0.15) is 11.8 Å². The molecule has 0 radical (unpaired) electrons. The zero-order valence-corrected chi connectivity index (χ0v) is 8.15. The molecule has 1 N–H and O–H groups in total. The molecular formula is C8H16O2S. The van der Waals surface area contributed by atoms with Gasteiger partial charge in [-0.3, -0.25) is 4.79 Å².